The van der Waals surface area contributed by atoms with Gasteiger partial charge in [-0.2, -0.15) is 0 Å². The highest BCUT2D eigenvalue weighted by Gasteiger charge is 2.56. The Hall–Kier alpha value is -1.44. The molecule has 4 N–H and O–H groups in total. The van der Waals surface area contributed by atoms with Crippen molar-refractivity contribution >= 4 is 22.6 Å². The lowest BCUT2D eigenvalue weighted by Gasteiger charge is -2.59. The summed E-state index contributed by atoms with van der Waals surface area (Å²) in [5.74, 6) is 1.29. The van der Waals surface area contributed by atoms with Gasteiger partial charge in [0, 0.05) is 17.8 Å². The first-order valence-electron chi connectivity index (χ1n) is 10.5. The Morgan fingerprint density at radius 2 is 2.00 bits per heavy atom. The summed E-state index contributed by atoms with van der Waals surface area (Å²) in [5, 5.41) is 13.9. The SMILES string of the molecule is Nc1cccc(S(=O)N2CCCC2C(=O)NC23CC4CC(C2)C(O)C(C4)C3)c1. The van der Waals surface area contributed by atoms with Crippen molar-refractivity contribution in [1.29, 1.82) is 0 Å². The van der Waals surface area contributed by atoms with Gasteiger partial charge in [0.15, 0.2) is 0 Å². The van der Waals surface area contributed by atoms with E-state index in [-0.39, 0.29) is 23.6 Å². The summed E-state index contributed by atoms with van der Waals surface area (Å²) in [6, 6.07) is 6.75. The molecule has 0 radical (unpaired) electrons. The van der Waals surface area contributed by atoms with Crippen LogP contribution in [0.25, 0.3) is 0 Å². The predicted molar refractivity (Wildman–Crippen MR) is 107 cm³/mol. The van der Waals surface area contributed by atoms with Gasteiger partial charge in [-0.05, 0) is 80.9 Å². The molecule has 4 atom stereocenters. The number of aliphatic hydroxyl groups is 1. The number of hydrogen-bond acceptors (Lipinski definition) is 4. The van der Waals surface area contributed by atoms with Gasteiger partial charge >= 0.3 is 0 Å². The molecule has 5 fully saturated rings. The number of carbonyl (C=O) groups is 1. The first-order chi connectivity index (χ1) is 13.4. The molecule has 0 aromatic heterocycles. The second kappa shape index (κ2) is 6.82. The average molecular weight is 404 g/mol. The van der Waals surface area contributed by atoms with E-state index in [9.17, 15) is 14.1 Å². The molecule has 4 saturated carbocycles. The van der Waals surface area contributed by atoms with Gasteiger partial charge in [0.1, 0.15) is 17.0 Å². The summed E-state index contributed by atoms with van der Waals surface area (Å²) in [7, 11) is -1.39. The summed E-state index contributed by atoms with van der Waals surface area (Å²) < 4.78 is 14.9. The quantitative estimate of drug-likeness (QED) is 0.668. The molecule has 152 valence electrons. The van der Waals surface area contributed by atoms with Gasteiger partial charge in [-0.1, -0.05) is 6.07 Å². The monoisotopic (exact) mass is 403 g/mol. The Morgan fingerprint density at radius 3 is 2.71 bits per heavy atom. The standard InChI is InChI=1S/C21H29N3O3S/c22-16-3-1-4-17(9-16)28(27)24-6-2-5-18(24)20(26)23-21-10-13-7-14(11-21)19(25)15(8-13)12-21/h1,3-4,9,13-15,18-19,25H,2,5-8,10-12,22H2,(H,23,26). The van der Waals surface area contributed by atoms with Gasteiger partial charge in [-0.25, -0.2) is 8.51 Å². The van der Waals surface area contributed by atoms with Crippen molar-refractivity contribution in [2.75, 3.05) is 12.3 Å². The van der Waals surface area contributed by atoms with Crippen LogP contribution in [0.2, 0.25) is 0 Å². The van der Waals surface area contributed by atoms with Crippen molar-refractivity contribution in [3.8, 4) is 0 Å². The normalized spacial score (nSPS) is 40.5. The fourth-order valence-electron chi connectivity index (χ4n) is 6.45. The Kier molecular flexibility index (Phi) is 4.52. The average Bonchev–Trinajstić information content (AvgIpc) is 3.14. The van der Waals surface area contributed by atoms with E-state index in [1.807, 2.05) is 4.31 Å². The fourth-order valence-corrected chi connectivity index (χ4v) is 7.88. The molecule has 1 saturated heterocycles. The van der Waals surface area contributed by atoms with Gasteiger partial charge in [-0.15, -0.1) is 0 Å². The van der Waals surface area contributed by atoms with Crippen molar-refractivity contribution in [1.82, 2.24) is 9.62 Å². The van der Waals surface area contributed by atoms with E-state index in [2.05, 4.69) is 5.32 Å². The van der Waals surface area contributed by atoms with E-state index in [0.717, 1.165) is 44.9 Å². The second-order valence-corrected chi connectivity index (χ2v) is 10.8. The number of carbonyl (C=O) groups excluding carboxylic acids is 1. The van der Waals surface area contributed by atoms with E-state index in [0.29, 0.717) is 34.9 Å². The molecular formula is C21H29N3O3S. The highest BCUT2D eigenvalue weighted by Crippen LogP contribution is 2.55. The highest BCUT2D eigenvalue weighted by atomic mass is 32.2. The number of hydrogen-bond donors (Lipinski definition) is 3. The van der Waals surface area contributed by atoms with Crippen molar-refractivity contribution in [2.24, 2.45) is 17.8 Å². The molecule has 1 aromatic rings. The highest BCUT2D eigenvalue weighted by molar-refractivity contribution is 7.82. The number of nitrogens with one attached hydrogen (secondary N) is 1. The van der Waals surface area contributed by atoms with Gasteiger partial charge in [0.05, 0.1) is 11.0 Å². The zero-order valence-corrected chi connectivity index (χ0v) is 16.9. The molecule has 4 bridgehead atoms. The van der Waals surface area contributed by atoms with E-state index in [4.69, 9.17) is 5.73 Å². The van der Waals surface area contributed by atoms with Gasteiger partial charge in [-0.3, -0.25) is 4.79 Å². The minimum absolute atomic E-state index is 0.00573. The number of nitrogens with two attached hydrogens (primary N) is 1. The number of anilines is 1. The van der Waals surface area contributed by atoms with E-state index in [1.165, 1.54) is 0 Å². The third-order valence-corrected chi connectivity index (χ3v) is 8.91. The molecular weight excluding hydrogens is 374 g/mol. The van der Waals surface area contributed by atoms with Crippen LogP contribution >= 0.6 is 0 Å². The molecule has 1 amide bonds. The lowest BCUT2D eigenvalue weighted by Crippen LogP contribution is -2.65. The zero-order valence-electron chi connectivity index (χ0n) is 16.0. The molecule has 5 aliphatic rings. The molecule has 6 rings (SSSR count). The molecule has 28 heavy (non-hydrogen) atoms. The van der Waals surface area contributed by atoms with Crippen LogP contribution in [-0.2, 0) is 15.8 Å². The van der Waals surface area contributed by atoms with E-state index >= 15 is 0 Å². The Balaban J connectivity index is 1.32. The van der Waals surface area contributed by atoms with Crippen LogP contribution in [0.4, 0.5) is 5.69 Å². The number of rotatable bonds is 4. The van der Waals surface area contributed by atoms with Crippen LogP contribution in [0.15, 0.2) is 29.2 Å². The Bertz CT molecular complexity index is 800. The Morgan fingerprint density at radius 1 is 1.25 bits per heavy atom. The summed E-state index contributed by atoms with van der Waals surface area (Å²) in [6.45, 7) is 0.652. The molecule has 1 heterocycles. The topological polar surface area (TPSA) is 95.7 Å². The lowest BCUT2D eigenvalue weighted by molar-refractivity contribution is -0.138. The molecule has 1 aliphatic heterocycles. The van der Waals surface area contributed by atoms with Crippen LogP contribution in [0, 0.1) is 17.8 Å². The third kappa shape index (κ3) is 3.08. The lowest BCUT2D eigenvalue weighted by atomic mass is 9.51. The minimum atomic E-state index is -1.39. The first-order valence-corrected chi connectivity index (χ1v) is 11.6. The van der Waals surface area contributed by atoms with Gasteiger partial charge < -0.3 is 16.2 Å². The van der Waals surface area contributed by atoms with Crippen molar-refractivity contribution in [3.63, 3.8) is 0 Å². The van der Waals surface area contributed by atoms with Crippen molar-refractivity contribution in [2.45, 2.75) is 67.5 Å². The number of aliphatic hydroxyl groups excluding tert-OH is 1. The van der Waals surface area contributed by atoms with Crippen LogP contribution < -0.4 is 11.1 Å². The predicted octanol–water partition coefficient (Wildman–Crippen LogP) is 1.81. The number of nitrogen functional groups attached to an aromatic ring is 1. The molecule has 4 unspecified atom stereocenters. The molecule has 1 aromatic carbocycles. The number of benzene rings is 1. The van der Waals surface area contributed by atoms with Gasteiger partial charge in [0.2, 0.25) is 5.91 Å². The minimum Gasteiger partial charge on any atom is -0.399 e. The Labute approximate surface area is 168 Å². The molecule has 7 heteroatoms. The maximum Gasteiger partial charge on any atom is 0.238 e. The summed E-state index contributed by atoms with van der Waals surface area (Å²) in [5.41, 5.74) is 6.26. The molecule has 4 aliphatic carbocycles. The van der Waals surface area contributed by atoms with Crippen molar-refractivity contribution in [3.05, 3.63) is 24.3 Å². The van der Waals surface area contributed by atoms with E-state index in [1.54, 1.807) is 24.3 Å². The maximum atomic E-state index is 13.3. The van der Waals surface area contributed by atoms with Crippen LogP contribution in [0.1, 0.15) is 44.9 Å². The van der Waals surface area contributed by atoms with Crippen LogP contribution in [0.5, 0.6) is 0 Å². The largest absolute Gasteiger partial charge is 0.399 e. The smallest absolute Gasteiger partial charge is 0.238 e. The van der Waals surface area contributed by atoms with Crippen LogP contribution in [-0.4, -0.2) is 43.8 Å². The summed E-state index contributed by atoms with van der Waals surface area (Å²) >= 11 is 0. The zero-order chi connectivity index (χ0) is 19.5. The van der Waals surface area contributed by atoms with Crippen molar-refractivity contribution < 1.29 is 14.1 Å². The molecule has 6 nitrogen and oxygen atoms in total. The van der Waals surface area contributed by atoms with Crippen LogP contribution in [0.3, 0.4) is 0 Å². The second-order valence-electron chi connectivity index (χ2n) is 9.35. The number of amides is 1. The van der Waals surface area contributed by atoms with Gasteiger partial charge in [0.25, 0.3) is 0 Å². The summed E-state index contributed by atoms with van der Waals surface area (Å²) in [4.78, 5) is 13.9. The number of nitrogens with zero attached hydrogens (tertiary/aromatic N) is 1. The third-order valence-electron chi connectivity index (χ3n) is 7.39. The first kappa shape index (κ1) is 18.6. The maximum absolute atomic E-state index is 13.3. The fraction of sp³-hybridized carbons (Fsp3) is 0.667. The van der Waals surface area contributed by atoms with E-state index < -0.39 is 11.0 Å². The summed E-state index contributed by atoms with van der Waals surface area (Å²) in [6.07, 6.45) is 6.41. The molecule has 0 spiro atoms.